The van der Waals surface area contributed by atoms with Crippen molar-refractivity contribution in [3.05, 3.63) is 28.3 Å². The number of carbonyl (C=O) groups excluding carboxylic acids is 2. The maximum absolute atomic E-state index is 13.8. The second-order valence-corrected chi connectivity index (χ2v) is 12.1. The maximum Gasteiger partial charge on any atom is 0.311 e. The average Bonchev–Trinajstić information content (AvgIpc) is 3.31. The molecule has 1 aliphatic heterocycles. The number of benzene rings is 1. The number of carbonyl (C=O) groups is 3. The number of hydrogen-bond acceptors (Lipinski definition) is 10. The first-order chi connectivity index (χ1) is 18.8. The Hall–Kier alpha value is -2.99. The van der Waals surface area contributed by atoms with Gasteiger partial charge in [-0.2, -0.15) is 0 Å². The molecule has 11 nitrogen and oxygen atoms in total. The van der Waals surface area contributed by atoms with Crippen LogP contribution in [0.15, 0.2) is 11.6 Å². The molecule has 4 unspecified atom stereocenters. The topological polar surface area (TPSA) is 179 Å². The number of Topliss-reactive ketones (excluding diaryl/α,β-unsaturated/α-hetero) is 2. The quantitative estimate of drug-likeness (QED) is 0.289. The predicted molar refractivity (Wildman–Crippen MR) is 144 cm³/mol. The molecule has 7 atom stereocenters. The van der Waals surface area contributed by atoms with Gasteiger partial charge in [0.2, 0.25) is 0 Å². The number of aliphatic carboxylic acids is 1. The molecule has 1 heterocycles. The largest absolute Gasteiger partial charge is 0.507 e. The van der Waals surface area contributed by atoms with Crippen molar-refractivity contribution in [3.63, 3.8) is 0 Å². The van der Waals surface area contributed by atoms with Gasteiger partial charge in [-0.1, -0.05) is 0 Å². The average molecular weight is 559 g/mol. The van der Waals surface area contributed by atoms with Gasteiger partial charge in [-0.15, -0.1) is 0 Å². The number of carboxylic acids is 1. The number of ketones is 2. The Morgan fingerprint density at radius 1 is 1.18 bits per heavy atom. The zero-order valence-electron chi connectivity index (χ0n) is 23.0. The molecule has 0 aromatic heterocycles. The third kappa shape index (κ3) is 4.22. The maximum atomic E-state index is 13.8. The molecule has 40 heavy (non-hydrogen) atoms. The first-order valence-corrected chi connectivity index (χ1v) is 13.9. The number of anilines is 1. The highest BCUT2D eigenvalue weighted by Gasteiger charge is 2.64. The summed E-state index contributed by atoms with van der Waals surface area (Å²) in [7, 11) is 5.55. The van der Waals surface area contributed by atoms with E-state index in [9.17, 15) is 45.0 Å². The molecule has 3 fully saturated rings. The molecule has 218 valence electrons. The standard InChI is InChI=1S/C29H38N2O9/c1-30(2)18-11-13(6-7-19(32)17-5-4-8-31(17)3)24(34)22-16(18)10-14-9-15-12-20(33)23(28(38)39)27(37)29(15,40)26(36)21(14)25(22)35/h11,14-15,17,20,23,27,33-35,37,40H,4-10,12H2,1-3H3,(H,38,39)/t14-,15+,17?,20?,23?,27?,29+/m1/s1. The van der Waals surface area contributed by atoms with Crippen molar-refractivity contribution < 1.29 is 45.0 Å². The molecular formula is C29H38N2O9. The number of aliphatic hydroxyl groups is 4. The van der Waals surface area contributed by atoms with Crippen LogP contribution in [-0.4, -0.2) is 105 Å². The Morgan fingerprint density at radius 2 is 1.88 bits per heavy atom. The van der Waals surface area contributed by atoms with E-state index in [2.05, 4.69) is 0 Å². The number of likely N-dealkylation sites (tertiary alicyclic amines) is 1. The lowest BCUT2D eigenvalue weighted by Crippen LogP contribution is -2.68. The third-order valence-electron chi connectivity index (χ3n) is 9.64. The van der Waals surface area contributed by atoms with Crippen molar-refractivity contribution in [2.24, 2.45) is 17.8 Å². The van der Waals surface area contributed by atoms with E-state index in [4.69, 9.17) is 0 Å². The van der Waals surface area contributed by atoms with Crippen molar-refractivity contribution in [2.75, 3.05) is 32.6 Å². The van der Waals surface area contributed by atoms with Gasteiger partial charge in [0, 0.05) is 37.7 Å². The van der Waals surface area contributed by atoms with Gasteiger partial charge in [0.15, 0.2) is 11.4 Å². The number of nitrogens with zero attached hydrogens (tertiary/aromatic N) is 2. The SMILES string of the molecule is CN(C)c1cc(CCC(=O)C2CCCN2C)c(O)c2c1C[C@H]1C[C@H]3CC(O)C(C(=O)O)C(O)[C@@]3(O)C(=O)C1=C2O. The Morgan fingerprint density at radius 3 is 2.48 bits per heavy atom. The predicted octanol–water partition coefficient (Wildman–Crippen LogP) is 0.642. The number of likely N-dealkylation sites (N-methyl/N-ethyl adjacent to an activating group) is 1. The van der Waals surface area contributed by atoms with Gasteiger partial charge in [0.25, 0.3) is 0 Å². The van der Waals surface area contributed by atoms with Crippen molar-refractivity contribution in [3.8, 4) is 5.75 Å². The van der Waals surface area contributed by atoms with E-state index in [1.807, 2.05) is 30.9 Å². The highest BCUT2D eigenvalue weighted by molar-refractivity contribution is 6.10. The number of rotatable bonds is 6. The van der Waals surface area contributed by atoms with Crippen molar-refractivity contribution in [1.29, 1.82) is 0 Å². The number of fused-ring (bicyclic) bond motifs is 3. The summed E-state index contributed by atoms with van der Waals surface area (Å²) in [6.45, 7) is 0.857. The third-order valence-corrected chi connectivity index (χ3v) is 9.64. The molecule has 2 saturated carbocycles. The fraction of sp³-hybridized carbons (Fsp3) is 0.621. The van der Waals surface area contributed by atoms with E-state index in [0.717, 1.165) is 19.4 Å². The second-order valence-electron chi connectivity index (χ2n) is 12.1. The summed E-state index contributed by atoms with van der Waals surface area (Å²) in [5, 5.41) is 65.1. The normalized spacial score (nSPS) is 33.8. The second kappa shape index (κ2) is 10.1. The monoisotopic (exact) mass is 558 g/mol. The minimum absolute atomic E-state index is 0.0494. The summed E-state index contributed by atoms with van der Waals surface area (Å²) in [6, 6.07) is 1.64. The van der Waals surface area contributed by atoms with Crippen LogP contribution < -0.4 is 4.90 Å². The fourth-order valence-electron chi connectivity index (χ4n) is 7.51. The molecule has 0 spiro atoms. The lowest BCUT2D eigenvalue weighted by Gasteiger charge is -2.52. The van der Waals surface area contributed by atoms with E-state index in [1.165, 1.54) is 0 Å². The first-order valence-electron chi connectivity index (χ1n) is 13.9. The van der Waals surface area contributed by atoms with Crippen molar-refractivity contribution >= 4 is 29.0 Å². The number of aliphatic hydroxyl groups excluding tert-OH is 3. The van der Waals surface area contributed by atoms with Crippen LogP contribution in [0.4, 0.5) is 5.69 Å². The summed E-state index contributed by atoms with van der Waals surface area (Å²) in [6.07, 6.45) is -1.18. The first kappa shape index (κ1) is 28.5. The minimum Gasteiger partial charge on any atom is -0.507 e. The Kier molecular flexibility index (Phi) is 7.23. The summed E-state index contributed by atoms with van der Waals surface area (Å²) >= 11 is 0. The highest BCUT2D eigenvalue weighted by atomic mass is 16.4. The number of aryl methyl sites for hydroxylation is 1. The zero-order valence-corrected chi connectivity index (χ0v) is 23.0. The summed E-state index contributed by atoms with van der Waals surface area (Å²) < 4.78 is 0. The molecule has 4 aliphatic rings. The molecule has 5 rings (SSSR count). The Balaban J connectivity index is 1.55. The molecule has 1 aromatic carbocycles. The van der Waals surface area contributed by atoms with Crippen LogP contribution in [0, 0.1) is 17.8 Å². The zero-order chi connectivity index (χ0) is 29.3. The Labute approximate surface area is 232 Å². The van der Waals surface area contributed by atoms with E-state index in [-0.39, 0.29) is 60.8 Å². The van der Waals surface area contributed by atoms with E-state index in [1.54, 1.807) is 6.07 Å². The van der Waals surface area contributed by atoms with Crippen LogP contribution in [0.2, 0.25) is 0 Å². The van der Waals surface area contributed by atoms with Gasteiger partial charge in [-0.25, -0.2) is 0 Å². The van der Waals surface area contributed by atoms with Gasteiger partial charge in [0.05, 0.1) is 17.7 Å². The summed E-state index contributed by atoms with van der Waals surface area (Å²) in [5.74, 6) is -6.48. The van der Waals surface area contributed by atoms with Crippen LogP contribution in [0.5, 0.6) is 5.75 Å². The number of carboxylic acid groups (broad SMARTS) is 1. The smallest absolute Gasteiger partial charge is 0.311 e. The van der Waals surface area contributed by atoms with Gasteiger partial charge in [0.1, 0.15) is 29.3 Å². The molecular weight excluding hydrogens is 520 g/mol. The van der Waals surface area contributed by atoms with Crippen molar-refractivity contribution in [2.45, 2.75) is 68.8 Å². The van der Waals surface area contributed by atoms with Gasteiger partial charge in [-0.3, -0.25) is 19.3 Å². The lowest BCUT2D eigenvalue weighted by atomic mass is 9.55. The Bertz CT molecular complexity index is 1290. The van der Waals surface area contributed by atoms with Gasteiger partial charge < -0.3 is 35.5 Å². The number of phenolic OH excluding ortho intramolecular Hbond substituents is 1. The van der Waals surface area contributed by atoms with Crippen LogP contribution in [-0.2, 0) is 27.2 Å². The van der Waals surface area contributed by atoms with E-state index in [0.29, 0.717) is 16.8 Å². The molecule has 3 aliphatic carbocycles. The number of hydrogen-bond donors (Lipinski definition) is 6. The highest BCUT2D eigenvalue weighted by Crippen LogP contribution is 2.54. The molecule has 1 saturated heterocycles. The fourth-order valence-corrected chi connectivity index (χ4v) is 7.51. The van der Waals surface area contributed by atoms with Gasteiger partial charge >= 0.3 is 5.97 Å². The summed E-state index contributed by atoms with van der Waals surface area (Å²) in [5.41, 5.74) is -0.856. The molecule has 1 aromatic rings. The lowest BCUT2D eigenvalue weighted by molar-refractivity contribution is -0.206. The van der Waals surface area contributed by atoms with E-state index < -0.39 is 53.1 Å². The summed E-state index contributed by atoms with van der Waals surface area (Å²) in [4.78, 5) is 42.3. The van der Waals surface area contributed by atoms with Crippen LogP contribution in [0.3, 0.4) is 0 Å². The van der Waals surface area contributed by atoms with E-state index >= 15 is 0 Å². The van der Waals surface area contributed by atoms with Crippen LogP contribution in [0.25, 0.3) is 5.76 Å². The molecule has 6 N–H and O–H groups in total. The number of aromatic hydroxyl groups is 1. The minimum atomic E-state index is -2.50. The van der Waals surface area contributed by atoms with Gasteiger partial charge in [-0.05, 0) is 75.2 Å². The van der Waals surface area contributed by atoms with Crippen LogP contribution in [0.1, 0.15) is 48.8 Å². The number of phenols is 1. The molecule has 11 heteroatoms. The molecule has 0 amide bonds. The molecule has 0 bridgehead atoms. The van der Waals surface area contributed by atoms with Crippen molar-refractivity contribution in [1.82, 2.24) is 4.90 Å². The molecule has 0 radical (unpaired) electrons. The van der Waals surface area contributed by atoms with Crippen LogP contribution >= 0.6 is 0 Å².